The monoisotopic (exact) mass is 455 g/mol. The van der Waals surface area contributed by atoms with Gasteiger partial charge in [-0.15, -0.1) is 0 Å². The molecule has 4 rings (SSSR count). The number of rotatable bonds is 5. The molecule has 3 amide bonds. The lowest BCUT2D eigenvalue weighted by molar-refractivity contribution is -0.142. The number of hydrogen-bond donors (Lipinski definition) is 0. The molecule has 0 bridgehead atoms. The number of benzene rings is 1. The molecule has 3 saturated heterocycles. The summed E-state index contributed by atoms with van der Waals surface area (Å²) in [7, 11) is 3.98. The molecular weight excluding hydrogens is 418 g/mol. The van der Waals surface area contributed by atoms with E-state index in [2.05, 4.69) is 16.8 Å². The predicted octanol–water partition coefficient (Wildman–Crippen LogP) is 1.62. The van der Waals surface area contributed by atoms with Crippen LogP contribution < -0.4 is 4.90 Å². The summed E-state index contributed by atoms with van der Waals surface area (Å²) in [6, 6.07) is 10.2. The van der Waals surface area contributed by atoms with Crippen molar-refractivity contribution in [1.82, 2.24) is 19.6 Å². The molecule has 3 aliphatic rings. The van der Waals surface area contributed by atoms with Gasteiger partial charge in [-0.1, -0.05) is 25.1 Å². The van der Waals surface area contributed by atoms with Gasteiger partial charge in [0, 0.05) is 38.3 Å². The van der Waals surface area contributed by atoms with Gasteiger partial charge in [-0.3, -0.25) is 14.4 Å². The van der Waals surface area contributed by atoms with Crippen molar-refractivity contribution in [2.45, 2.75) is 50.6 Å². The van der Waals surface area contributed by atoms with Crippen molar-refractivity contribution < 1.29 is 14.4 Å². The first-order valence-corrected chi connectivity index (χ1v) is 12.2. The van der Waals surface area contributed by atoms with Gasteiger partial charge < -0.3 is 24.5 Å². The van der Waals surface area contributed by atoms with E-state index in [4.69, 9.17) is 0 Å². The molecule has 0 radical (unpaired) electrons. The van der Waals surface area contributed by atoms with Crippen molar-refractivity contribution in [3.05, 3.63) is 30.3 Å². The maximum atomic E-state index is 13.8. The second-order valence-electron chi connectivity index (χ2n) is 9.71. The second kappa shape index (κ2) is 9.71. The van der Waals surface area contributed by atoms with Crippen LogP contribution in [0.15, 0.2) is 30.3 Å². The number of piperidine rings is 2. The van der Waals surface area contributed by atoms with Gasteiger partial charge in [0.05, 0.1) is 6.67 Å². The molecule has 3 aliphatic heterocycles. The highest BCUT2D eigenvalue weighted by atomic mass is 16.2. The van der Waals surface area contributed by atoms with E-state index in [1.54, 1.807) is 4.90 Å². The van der Waals surface area contributed by atoms with Gasteiger partial charge in [0.2, 0.25) is 11.8 Å². The van der Waals surface area contributed by atoms with Crippen molar-refractivity contribution >= 4 is 23.4 Å². The molecule has 0 unspecified atom stereocenters. The number of likely N-dealkylation sites (N-methyl/N-ethyl adjacent to an activating group) is 1. The van der Waals surface area contributed by atoms with E-state index in [1.165, 1.54) is 0 Å². The molecule has 1 spiro atoms. The quantitative estimate of drug-likeness (QED) is 0.675. The van der Waals surface area contributed by atoms with Crippen LogP contribution in [-0.2, 0) is 14.4 Å². The van der Waals surface area contributed by atoms with Gasteiger partial charge in [-0.25, -0.2) is 0 Å². The van der Waals surface area contributed by atoms with Crippen molar-refractivity contribution in [2.75, 3.05) is 58.4 Å². The minimum Gasteiger partial charge on any atom is -0.343 e. The van der Waals surface area contributed by atoms with Crippen molar-refractivity contribution in [3.8, 4) is 0 Å². The standard InChI is InChI=1S/C25H37N5O3/c1-4-22(31)28-16-12-25(13-17-28)24(33)29(19-30(25)21-8-6-5-7-9-21)18-23(32)27(3)20-10-14-26(2)15-11-20/h5-9,20H,4,10-19H2,1-3H3. The Morgan fingerprint density at radius 2 is 1.70 bits per heavy atom. The predicted molar refractivity (Wildman–Crippen MR) is 128 cm³/mol. The Balaban J connectivity index is 1.50. The average molecular weight is 456 g/mol. The first kappa shape index (κ1) is 23.5. The second-order valence-corrected chi connectivity index (χ2v) is 9.71. The van der Waals surface area contributed by atoms with Crippen LogP contribution in [0.1, 0.15) is 39.0 Å². The SMILES string of the molecule is CCC(=O)N1CCC2(CC1)C(=O)N(CC(=O)N(C)C1CCN(C)CC1)CN2c1ccccc1. The first-order chi connectivity index (χ1) is 15.9. The number of likely N-dealkylation sites (tertiary alicyclic amines) is 2. The zero-order valence-corrected chi connectivity index (χ0v) is 20.2. The molecule has 33 heavy (non-hydrogen) atoms. The molecule has 8 heteroatoms. The number of para-hydroxylation sites is 1. The molecule has 3 fully saturated rings. The molecule has 0 aliphatic carbocycles. The number of nitrogens with zero attached hydrogens (tertiary/aromatic N) is 5. The number of carbonyl (C=O) groups excluding carboxylic acids is 3. The Morgan fingerprint density at radius 1 is 1.06 bits per heavy atom. The Labute approximate surface area is 197 Å². The lowest BCUT2D eigenvalue weighted by Crippen LogP contribution is -2.57. The number of amides is 3. The lowest BCUT2D eigenvalue weighted by atomic mass is 9.85. The van der Waals surface area contributed by atoms with E-state index in [1.807, 2.05) is 54.1 Å². The first-order valence-electron chi connectivity index (χ1n) is 12.2. The van der Waals surface area contributed by atoms with Gasteiger partial charge >= 0.3 is 0 Å². The Morgan fingerprint density at radius 3 is 2.30 bits per heavy atom. The van der Waals surface area contributed by atoms with Crippen LogP contribution in [0, 0.1) is 0 Å². The van der Waals surface area contributed by atoms with Crippen molar-refractivity contribution in [3.63, 3.8) is 0 Å². The van der Waals surface area contributed by atoms with Crippen LogP contribution >= 0.6 is 0 Å². The topological polar surface area (TPSA) is 67.4 Å². The summed E-state index contributed by atoms with van der Waals surface area (Å²) in [4.78, 5) is 49.1. The van der Waals surface area contributed by atoms with Crippen LogP contribution in [-0.4, -0.2) is 102 Å². The summed E-state index contributed by atoms with van der Waals surface area (Å²) in [6.45, 7) is 5.49. The normalized spacial score (nSPS) is 21.7. The van der Waals surface area contributed by atoms with Gasteiger partial charge in [0.15, 0.2) is 0 Å². The summed E-state index contributed by atoms with van der Waals surface area (Å²) in [5.74, 6) is 0.148. The molecule has 180 valence electrons. The van der Waals surface area contributed by atoms with Gasteiger partial charge in [-0.05, 0) is 58.0 Å². The summed E-state index contributed by atoms with van der Waals surface area (Å²) in [5, 5.41) is 0. The summed E-state index contributed by atoms with van der Waals surface area (Å²) >= 11 is 0. The van der Waals surface area contributed by atoms with Crippen LogP contribution in [0.25, 0.3) is 0 Å². The molecule has 3 heterocycles. The van der Waals surface area contributed by atoms with E-state index in [0.29, 0.717) is 39.0 Å². The van der Waals surface area contributed by atoms with Crippen LogP contribution in [0.3, 0.4) is 0 Å². The maximum absolute atomic E-state index is 13.8. The van der Waals surface area contributed by atoms with Gasteiger partial charge in [0.1, 0.15) is 12.1 Å². The fourth-order valence-electron chi connectivity index (χ4n) is 5.53. The van der Waals surface area contributed by atoms with Crippen molar-refractivity contribution in [1.29, 1.82) is 0 Å². The fraction of sp³-hybridized carbons (Fsp3) is 0.640. The lowest BCUT2D eigenvalue weighted by Gasteiger charge is -2.43. The number of hydrogen-bond acceptors (Lipinski definition) is 5. The average Bonchev–Trinajstić information content (AvgIpc) is 3.10. The third-order valence-corrected chi connectivity index (χ3v) is 7.78. The van der Waals surface area contributed by atoms with Gasteiger partial charge in [-0.2, -0.15) is 0 Å². The fourth-order valence-corrected chi connectivity index (χ4v) is 5.53. The van der Waals surface area contributed by atoms with Gasteiger partial charge in [0.25, 0.3) is 5.91 Å². The third kappa shape index (κ3) is 4.58. The van der Waals surface area contributed by atoms with E-state index >= 15 is 0 Å². The van der Waals surface area contributed by atoms with E-state index in [9.17, 15) is 14.4 Å². The van der Waals surface area contributed by atoms with Crippen LogP contribution in [0.5, 0.6) is 0 Å². The number of anilines is 1. The summed E-state index contributed by atoms with van der Waals surface area (Å²) in [5.41, 5.74) is 0.290. The minimum absolute atomic E-state index is 0.00145. The summed E-state index contributed by atoms with van der Waals surface area (Å²) in [6.07, 6.45) is 3.58. The Kier molecular flexibility index (Phi) is 6.93. The molecule has 8 nitrogen and oxygen atoms in total. The maximum Gasteiger partial charge on any atom is 0.250 e. The molecule has 0 aromatic heterocycles. The largest absolute Gasteiger partial charge is 0.343 e. The van der Waals surface area contributed by atoms with E-state index < -0.39 is 5.54 Å². The van der Waals surface area contributed by atoms with E-state index in [-0.39, 0.29) is 30.3 Å². The smallest absolute Gasteiger partial charge is 0.250 e. The Bertz CT molecular complexity index is 860. The van der Waals surface area contributed by atoms with Crippen molar-refractivity contribution in [2.24, 2.45) is 0 Å². The Hall–Kier alpha value is -2.61. The minimum atomic E-state index is -0.696. The van der Waals surface area contributed by atoms with Crippen LogP contribution in [0.4, 0.5) is 5.69 Å². The molecular formula is C25H37N5O3. The molecule has 0 atom stereocenters. The van der Waals surface area contributed by atoms with Crippen LogP contribution in [0.2, 0.25) is 0 Å². The highest BCUT2D eigenvalue weighted by Gasteiger charge is 2.54. The molecule has 0 N–H and O–H groups in total. The number of carbonyl (C=O) groups is 3. The van der Waals surface area contributed by atoms with E-state index in [0.717, 1.165) is 31.6 Å². The zero-order valence-electron chi connectivity index (χ0n) is 20.2. The highest BCUT2D eigenvalue weighted by Crippen LogP contribution is 2.39. The molecule has 0 saturated carbocycles. The molecule has 1 aromatic rings. The highest BCUT2D eigenvalue weighted by molar-refractivity contribution is 5.96. The molecule has 1 aromatic carbocycles. The third-order valence-electron chi connectivity index (χ3n) is 7.78. The summed E-state index contributed by atoms with van der Waals surface area (Å²) < 4.78 is 0. The zero-order chi connectivity index (χ0) is 23.6.